The lowest BCUT2D eigenvalue weighted by molar-refractivity contribution is -0.142. The first kappa shape index (κ1) is 22.5. The van der Waals surface area contributed by atoms with Crippen LogP contribution in [-0.2, 0) is 22.7 Å². The molecule has 1 aromatic heterocycles. The van der Waals surface area contributed by atoms with Gasteiger partial charge in [-0.1, -0.05) is 32.4 Å². The third kappa shape index (κ3) is 6.39. The van der Waals surface area contributed by atoms with E-state index in [-0.39, 0.29) is 30.1 Å². The van der Waals surface area contributed by atoms with E-state index in [9.17, 15) is 14.0 Å². The average molecular weight is 431 g/mol. The molecule has 4 nitrogen and oxygen atoms in total. The van der Waals surface area contributed by atoms with Crippen molar-refractivity contribution in [1.82, 2.24) is 9.80 Å². The van der Waals surface area contributed by atoms with Gasteiger partial charge in [-0.2, -0.15) is 0 Å². The Morgan fingerprint density at radius 1 is 1.10 bits per heavy atom. The molecular weight excluding hydrogens is 399 g/mol. The summed E-state index contributed by atoms with van der Waals surface area (Å²) < 4.78 is 13.3. The predicted octanol–water partition coefficient (Wildman–Crippen LogP) is 5.01. The van der Waals surface area contributed by atoms with Crippen LogP contribution in [0.1, 0.15) is 48.4 Å². The van der Waals surface area contributed by atoms with Gasteiger partial charge in [-0.25, -0.2) is 4.39 Å². The summed E-state index contributed by atoms with van der Waals surface area (Å²) in [6.07, 6.45) is 2.83. The highest BCUT2D eigenvalue weighted by atomic mass is 32.1. The molecule has 6 heteroatoms. The summed E-state index contributed by atoms with van der Waals surface area (Å²) in [4.78, 5) is 31.9. The number of rotatable bonds is 10. The van der Waals surface area contributed by atoms with Gasteiger partial charge >= 0.3 is 0 Å². The standard InChI is InChI=1S/C24H31FN2O2S/c1-4-17(2)13-27(24(29)20-8-9-20)16-23(28)26(15-22-12-5-18(3)30-22)14-19-6-10-21(25)11-7-19/h5-7,10-12,17,20H,4,8-9,13-16H2,1-3H3. The van der Waals surface area contributed by atoms with Gasteiger partial charge in [0.15, 0.2) is 0 Å². The van der Waals surface area contributed by atoms with Crippen molar-refractivity contribution < 1.29 is 14.0 Å². The van der Waals surface area contributed by atoms with E-state index < -0.39 is 0 Å². The molecule has 2 amide bonds. The van der Waals surface area contributed by atoms with Gasteiger partial charge in [0.05, 0.1) is 13.1 Å². The minimum Gasteiger partial charge on any atom is -0.333 e. The molecule has 2 aromatic rings. The van der Waals surface area contributed by atoms with E-state index in [0.29, 0.717) is 25.6 Å². The summed E-state index contributed by atoms with van der Waals surface area (Å²) in [6, 6.07) is 10.3. The van der Waals surface area contributed by atoms with Gasteiger partial charge in [0, 0.05) is 28.8 Å². The quantitative estimate of drug-likeness (QED) is 0.532. The van der Waals surface area contributed by atoms with Gasteiger partial charge in [-0.3, -0.25) is 9.59 Å². The lowest BCUT2D eigenvalue weighted by Gasteiger charge is -2.29. The Bertz CT molecular complexity index is 860. The van der Waals surface area contributed by atoms with E-state index in [4.69, 9.17) is 0 Å². The molecule has 0 spiro atoms. The van der Waals surface area contributed by atoms with Crippen LogP contribution in [0.4, 0.5) is 4.39 Å². The lowest BCUT2D eigenvalue weighted by Crippen LogP contribution is -2.44. The number of carbonyl (C=O) groups excluding carboxylic acids is 2. The van der Waals surface area contributed by atoms with E-state index in [1.165, 1.54) is 17.0 Å². The van der Waals surface area contributed by atoms with Crippen molar-refractivity contribution in [3.05, 3.63) is 57.5 Å². The van der Waals surface area contributed by atoms with E-state index >= 15 is 0 Å². The molecule has 0 saturated heterocycles. The maximum atomic E-state index is 13.3. The topological polar surface area (TPSA) is 40.6 Å². The number of hydrogen-bond donors (Lipinski definition) is 0. The Labute approximate surface area is 182 Å². The number of halogens is 1. The minimum absolute atomic E-state index is 0.0670. The van der Waals surface area contributed by atoms with Crippen LogP contribution >= 0.6 is 11.3 Å². The second-order valence-electron chi connectivity index (χ2n) is 8.40. The monoisotopic (exact) mass is 430 g/mol. The fourth-order valence-corrected chi connectivity index (χ4v) is 4.30. The molecule has 3 rings (SSSR count). The summed E-state index contributed by atoms with van der Waals surface area (Å²) >= 11 is 1.67. The molecule has 1 saturated carbocycles. The van der Waals surface area contributed by atoms with E-state index in [1.807, 2.05) is 19.1 Å². The molecule has 1 heterocycles. The summed E-state index contributed by atoms with van der Waals surface area (Å²) in [5, 5.41) is 0. The fraction of sp³-hybridized carbons (Fsp3) is 0.500. The van der Waals surface area contributed by atoms with Crippen LogP contribution < -0.4 is 0 Å². The summed E-state index contributed by atoms with van der Waals surface area (Å²) in [6.45, 7) is 7.86. The van der Waals surface area contributed by atoms with Crippen LogP contribution in [0.25, 0.3) is 0 Å². The summed E-state index contributed by atoms with van der Waals surface area (Å²) in [5.41, 5.74) is 0.875. The fourth-order valence-electron chi connectivity index (χ4n) is 3.39. The molecule has 1 aromatic carbocycles. The largest absolute Gasteiger partial charge is 0.333 e. The van der Waals surface area contributed by atoms with Gasteiger partial charge in [-0.05, 0) is 55.5 Å². The number of nitrogens with zero attached hydrogens (tertiary/aromatic N) is 2. The highest BCUT2D eigenvalue weighted by molar-refractivity contribution is 7.11. The zero-order valence-electron chi connectivity index (χ0n) is 18.1. The molecule has 0 bridgehead atoms. The molecule has 1 fully saturated rings. The zero-order valence-corrected chi connectivity index (χ0v) is 18.9. The van der Waals surface area contributed by atoms with Crippen LogP contribution in [0.15, 0.2) is 36.4 Å². The molecule has 1 aliphatic carbocycles. The number of aryl methyl sites for hydroxylation is 1. The second kappa shape index (κ2) is 10.2. The van der Waals surface area contributed by atoms with Crippen molar-refractivity contribution in [3.8, 4) is 0 Å². The molecular formula is C24H31FN2O2S. The number of benzene rings is 1. The van der Waals surface area contributed by atoms with Crippen molar-refractivity contribution >= 4 is 23.2 Å². The Morgan fingerprint density at radius 3 is 2.37 bits per heavy atom. The average Bonchev–Trinajstić information content (AvgIpc) is 3.50. The Kier molecular flexibility index (Phi) is 7.64. The van der Waals surface area contributed by atoms with E-state index in [1.54, 1.807) is 33.3 Å². The maximum absolute atomic E-state index is 13.3. The van der Waals surface area contributed by atoms with Crippen LogP contribution in [0, 0.1) is 24.6 Å². The molecule has 1 unspecified atom stereocenters. The lowest BCUT2D eigenvalue weighted by atomic mass is 10.1. The predicted molar refractivity (Wildman–Crippen MR) is 118 cm³/mol. The Hall–Kier alpha value is -2.21. The van der Waals surface area contributed by atoms with Gasteiger partial charge in [0.2, 0.25) is 11.8 Å². The van der Waals surface area contributed by atoms with Gasteiger partial charge in [-0.15, -0.1) is 11.3 Å². The maximum Gasteiger partial charge on any atom is 0.242 e. The summed E-state index contributed by atoms with van der Waals surface area (Å²) in [5.74, 6) is 0.193. The third-order valence-electron chi connectivity index (χ3n) is 5.58. The first-order chi connectivity index (χ1) is 14.4. The van der Waals surface area contributed by atoms with Crippen molar-refractivity contribution in [2.24, 2.45) is 11.8 Å². The number of hydrogen-bond acceptors (Lipinski definition) is 3. The number of carbonyl (C=O) groups is 2. The first-order valence-electron chi connectivity index (χ1n) is 10.7. The Morgan fingerprint density at radius 2 is 1.80 bits per heavy atom. The van der Waals surface area contributed by atoms with Crippen LogP contribution in [0.2, 0.25) is 0 Å². The van der Waals surface area contributed by atoms with Crippen molar-refractivity contribution in [1.29, 1.82) is 0 Å². The van der Waals surface area contributed by atoms with E-state index in [2.05, 4.69) is 13.8 Å². The van der Waals surface area contributed by atoms with Crippen molar-refractivity contribution in [2.45, 2.75) is 53.1 Å². The molecule has 162 valence electrons. The molecule has 30 heavy (non-hydrogen) atoms. The first-order valence-corrected chi connectivity index (χ1v) is 11.5. The molecule has 0 radical (unpaired) electrons. The van der Waals surface area contributed by atoms with Crippen molar-refractivity contribution in [3.63, 3.8) is 0 Å². The van der Waals surface area contributed by atoms with Crippen LogP contribution in [-0.4, -0.2) is 34.7 Å². The third-order valence-corrected chi connectivity index (χ3v) is 6.56. The van der Waals surface area contributed by atoms with Crippen LogP contribution in [0.3, 0.4) is 0 Å². The van der Waals surface area contributed by atoms with Gasteiger partial charge < -0.3 is 9.80 Å². The number of amides is 2. The highest BCUT2D eigenvalue weighted by Crippen LogP contribution is 2.31. The van der Waals surface area contributed by atoms with Crippen molar-refractivity contribution in [2.75, 3.05) is 13.1 Å². The molecule has 1 atom stereocenters. The zero-order chi connectivity index (χ0) is 21.7. The molecule has 1 aliphatic rings. The molecule has 0 N–H and O–H groups in total. The highest BCUT2D eigenvalue weighted by Gasteiger charge is 2.35. The van der Waals surface area contributed by atoms with Crippen LogP contribution in [0.5, 0.6) is 0 Å². The smallest absolute Gasteiger partial charge is 0.242 e. The number of thiophene rings is 1. The molecule has 0 aliphatic heterocycles. The SMILES string of the molecule is CCC(C)CN(CC(=O)N(Cc1ccc(F)cc1)Cc1ccc(C)s1)C(=O)C1CC1. The van der Waals surface area contributed by atoms with E-state index in [0.717, 1.165) is 29.7 Å². The minimum atomic E-state index is -0.291. The van der Waals surface area contributed by atoms with Gasteiger partial charge in [0.25, 0.3) is 0 Å². The van der Waals surface area contributed by atoms with Gasteiger partial charge in [0.1, 0.15) is 5.82 Å². The normalized spacial score (nSPS) is 14.4. The summed E-state index contributed by atoms with van der Waals surface area (Å²) in [7, 11) is 0. The second-order valence-corrected chi connectivity index (χ2v) is 9.77. The Balaban J connectivity index is 1.75.